The largest absolute Gasteiger partial charge is 0.490 e. The second kappa shape index (κ2) is 11.3. The third-order valence-corrected chi connectivity index (χ3v) is 4.77. The summed E-state index contributed by atoms with van der Waals surface area (Å²) in [7, 11) is 1.79. The van der Waals surface area contributed by atoms with Gasteiger partial charge in [0.25, 0.3) is 0 Å². The molecule has 0 aliphatic carbocycles. The van der Waals surface area contributed by atoms with E-state index >= 15 is 0 Å². The van der Waals surface area contributed by atoms with Crippen LogP contribution in [0.25, 0.3) is 0 Å². The number of anilines is 1. The molecule has 146 valence electrons. The summed E-state index contributed by atoms with van der Waals surface area (Å²) in [6.07, 6.45) is 4.53. The molecule has 1 saturated heterocycles. The fourth-order valence-corrected chi connectivity index (χ4v) is 3.19. The van der Waals surface area contributed by atoms with Gasteiger partial charge >= 0.3 is 0 Å². The van der Waals surface area contributed by atoms with E-state index in [9.17, 15) is 0 Å². The molecule has 8 heteroatoms. The Bertz CT molecular complexity index is 714. The van der Waals surface area contributed by atoms with Crippen molar-refractivity contribution in [2.45, 2.75) is 12.5 Å². The van der Waals surface area contributed by atoms with Gasteiger partial charge in [0.1, 0.15) is 12.4 Å². The third-order valence-electron chi connectivity index (χ3n) is 4.24. The lowest BCUT2D eigenvalue weighted by Gasteiger charge is -2.20. The van der Waals surface area contributed by atoms with E-state index in [1.54, 1.807) is 19.4 Å². The minimum Gasteiger partial charge on any atom is -0.490 e. The van der Waals surface area contributed by atoms with Crippen LogP contribution in [0.2, 0.25) is 0 Å². The number of guanidine groups is 1. The van der Waals surface area contributed by atoms with Crippen LogP contribution in [0, 0.1) is 0 Å². The maximum atomic E-state index is 5.64. The molecule has 3 rings (SSSR count). The number of pyridine rings is 1. The molecule has 2 heterocycles. The molecule has 1 atom stereocenters. The number of rotatable bonds is 6. The molecular formula is C19H25BrIN5O. The minimum atomic E-state index is 0. The number of aliphatic imine (C=N–C) groups is 1. The van der Waals surface area contributed by atoms with Crippen molar-refractivity contribution in [2.24, 2.45) is 4.99 Å². The van der Waals surface area contributed by atoms with Crippen molar-refractivity contribution < 1.29 is 4.74 Å². The highest BCUT2D eigenvalue weighted by molar-refractivity contribution is 14.0. The lowest BCUT2D eigenvalue weighted by molar-refractivity contribution is 0.320. The molecule has 1 fully saturated rings. The van der Waals surface area contributed by atoms with E-state index in [-0.39, 0.29) is 24.0 Å². The molecule has 0 radical (unpaired) electrons. The summed E-state index contributed by atoms with van der Waals surface area (Å²) >= 11 is 3.48. The van der Waals surface area contributed by atoms with Gasteiger partial charge in [-0.1, -0.05) is 15.9 Å². The van der Waals surface area contributed by atoms with Gasteiger partial charge in [0.15, 0.2) is 5.96 Å². The lowest BCUT2D eigenvalue weighted by atomic mass is 10.3. The molecule has 1 aliphatic rings. The van der Waals surface area contributed by atoms with Gasteiger partial charge in [0, 0.05) is 42.5 Å². The van der Waals surface area contributed by atoms with E-state index in [2.05, 4.69) is 65.7 Å². The summed E-state index contributed by atoms with van der Waals surface area (Å²) < 4.78 is 6.74. The van der Waals surface area contributed by atoms with Crippen LogP contribution in [-0.4, -0.2) is 50.3 Å². The first-order chi connectivity index (χ1) is 12.7. The SMILES string of the molecule is CN=C(NCCOc1cccnc1)NC1CCN(c2ccc(Br)cc2)C1.I. The Morgan fingerprint density at radius 3 is 2.85 bits per heavy atom. The molecule has 1 unspecified atom stereocenters. The fourth-order valence-electron chi connectivity index (χ4n) is 2.92. The Morgan fingerprint density at radius 1 is 1.33 bits per heavy atom. The Balaban J connectivity index is 0.00000261. The first-order valence-electron chi connectivity index (χ1n) is 8.75. The number of nitrogens with one attached hydrogen (secondary N) is 2. The summed E-state index contributed by atoms with van der Waals surface area (Å²) in [5.74, 6) is 1.58. The molecule has 0 amide bonds. The van der Waals surface area contributed by atoms with Gasteiger partial charge in [-0.3, -0.25) is 9.98 Å². The third kappa shape index (κ3) is 6.84. The highest BCUT2D eigenvalue weighted by atomic mass is 127. The zero-order valence-electron chi connectivity index (χ0n) is 15.3. The van der Waals surface area contributed by atoms with Crippen LogP contribution in [0.1, 0.15) is 6.42 Å². The monoisotopic (exact) mass is 545 g/mol. The fraction of sp³-hybridized carbons (Fsp3) is 0.368. The van der Waals surface area contributed by atoms with Crippen molar-refractivity contribution in [1.82, 2.24) is 15.6 Å². The number of hydrogen-bond acceptors (Lipinski definition) is 4. The summed E-state index contributed by atoms with van der Waals surface area (Å²) in [5, 5.41) is 6.79. The predicted octanol–water partition coefficient (Wildman–Crippen LogP) is 3.28. The van der Waals surface area contributed by atoms with Gasteiger partial charge < -0.3 is 20.3 Å². The normalized spacial score (nSPS) is 16.6. The Morgan fingerprint density at radius 2 is 2.15 bits per heavy atom. The van der Waals surface area contributed by atoms with E-state index in [1.807, 2.05) is 12.1 Å². The Kier molecular flexibility index (Phi) is 9.12. The van der Waals surface area contributed by atoms with Crippen LogP contribution >= 0.6 is 39.9 Å². The number of aromatic nitrogens is 1. The smallest absolute Gasteiger partial charge is 0.191 e. The van der Waals surface area contributed by atoms with Gasteiger partial charge in [-0.25, -0.2) is 0 Å². The number of ether oxygens (including phenoxy) is 1. The zero-order chi connectivity index (χ0) is 18.2. The van der Waals surface area contributed by atoms with Crippen LogP contribution in [0.5, 0.6) is 5.75 Å². The second-order valence-electron chi connectivity index (χ2n) is 6.09. The van der Waals surface area contributed by atoms with Gasteiger partial charge in [-0.15, -0.1) is 24.0 Å². The van der Waals surface area contributed by atoms with Crippen molar-refractivity contribution in [1.29, 1.82) is 0 Å². The molecule has 0 spiro atoms. The van der Waals surface area contributed by atoms with E-state index in [4.69, 9.17) is 4.74 Å². The highest BCUT2D eigenvalue weighted by Gasteiger charge is 2.23. The quantitative estimate of drug-likeness (QED) is 0.252. The first kappa shape index (κ1) is 21.7. The molecule has 2 N–H and O–H groups in total. The Hall–Kier alpha value is -1.55. The lowest BCUT2D eigenvalue weighted by Crippen LogP contribution is -2.45. The van der Waals surface area contributed by atoms with Crippen LogP contribution in [0.3, 0.4) is 0 Å². The van der Waals surface area contributed by atoms with Crippen molar-refractivity contribution in [3.8, 4) is 5.75 Å². The molecule has 1 aliphatic heterocycles. The summed E-state index contributed by atoms with van der Waals surface area (Å²) in [4.78, 5) is 10.7. The second-order valence-corrected chi connectivity index (χ2v) is 7.00. The molecular weight excluding hydrogens is 521 g/mol. The molecule has 6 nitrogen and oxygen atoms in total. The van der Waals surface area contributed by atoms with Crippen molar-refractivity contribution in [3.05, 3.63) is 53.3 Å². The van der Waals surface area contributed by atoms with E-state index < -0.39 is 0 Å². The van der Waals surface area contributed by atoms with Gasteiger partial charge in [0.05, 0.1) is 12.7 Å². The average Bonchev–Trinajstić information content (AvgIpc) is 3.14. The highest BCUT2D eigenvalue weighted by Crippen LogP contribution is 2.22. The van der Waals surface area contributed by atoms with Crippen molar-refractivity contribution in [2.75, 3.05) is 38.2 Å². The Labute approximate surface area is 186 Å². The molecule has 2 aromatic rings. The topological polar surface area (TPSA) is 61.8 Å². The maximum absolute atomic E-state index is 5.64. The molecule has 0 bridgehead atoms. The summed E-state index contributed by atoms with van der Waals surface area (Å²) in [6, 6.07) is 12.6. The number of nitrogens with zero attached hydrogens (tertiary/aromatic N) is 3. The van der Waals surface area contributed by atoms with Crippen LogP contribution in [-0.2, 0) is 0 Å². The zero-order valence-corrected chi connectivity index (χ0v) is 19.2. The van der Waals surface area contributed by atoms with E-state index in [0.29, 0.717) is 19.2 Å². The standard InChI is InChI=1S/C19H24BrN5O.HI/c1-21-19(23-10-12-26-18-3-2-9-22-13-18)24-16-8-11-25(14-16)17-6-4-15(20)5-7-17;/h2-7,9,13,16H,8,10-12,14H2,1H3,(H2,21,23,24);1H. The maximum Gasteiger partial charge on any atom is 0.191 e. The number of benzene rings is 1. The predicted molar refractivity (Wildman–Crippen MR) is 124 cm³/mol. The number of hydrogen-bond donors (Lipinski definition) is 2. The van der Waals surface area contributed by atoms with Crippen LogP contribution in [0.15, 0.2) is 58.3 Å². The molecule has 0 saturated carbocycles. The van der Waals surface area contributed by atoms with Crippen molar-refractivity contribution in [3.63, 3.8) is 0 Å². The van der Waals surface area contributed by atoms with Crippen LogP contribution in [0.4, 0.5) is 5.69 Å². The van der Waals surface area contributed by atoms with Crippen LogP contribution < -0.4 is 20.3 Å². The van der Waals surface area contributed by atoms with E-state index in [0.717, 1.165) is 35.7 Å². The minimum absolute atomic E-state index is 0. The average molecular weight is 546 g/mol. The summed E-state index contributed by atoms with van der Waals surface area (Å²) in [6.45, 7) is 3.24. The van der Waals surface area contributed by atoms with Gasteiger partial charge in [-0.05, 0) is 42.8 Å². The molecule has 1 aromatic heterocycles. The van der Waals surface area contributed by atoms with Crippen molar-refractivity contribution >= 4 is 51.6 Å². The molecule has 1 aromatic carbocycles. The number of halogens is 2. The van der Waals surface area contributed by atoms with Gasteiger partial charge in [-0.2, -0.15) is 0 Å². The first-order valence-corrected chi connectivity index (χ1v) is 9.54. The van der Waals surface area contributed by atoms with Gasteiger partial charge in [0.2, 0.25) is 0 Å². The summed E-state index contributed by atoms with van der Waals surface area (Å²) in [5.41, 5.74) is 1.25. The molecule has 27 heavy (non-hydrogen) atoms. The van der Waals surface area contributed by atoms with E-state index in [1.165, 1.54) is 5.69 Å².